The number of benzene rings is 1. The molecule has 0 radical (unpaired) electrons. The molecule has 0 aliphatic carbocycles. The van der Waals surface area contributed by atoms with Gasteiger partial charge in [0.25, 0.3) is 0 Å². The summed E-state index contributed by atoms with van der Waals surface area (Å²) < 4.78 is 44.6. The lowest BCUT2D eigenvalue weighted by Crippen LogP contribution is -2.47. The topological polar surface area (TPSA) is 48.3 Å². The van der Waals surface area contributed by atoms with Gasteiger partial charge in [-0.2, -0.15) is 18.4 Å². The largest absolute Gasteiger partial charge is 0.417 e. The molecule has 0 aromatic heterocycles. The third-order valence-corrected chi connectivity index (χ3v) is 4.29. The van der Waals surface area contributed by atoms with Crippen LogP contribution in [0.2, 0.25) is 0 Å². The molecule has 1 unspecified atom stereocenters. The molecule has 0 saturated carbocycles. The lowest BCUT2D eigenvalue weighted by atomic mass is 10.0. The summed E-state index contributed by atoms with van der Waals surface area (Å²) in [4.78, 5) is 2.32. The minimum atomic E-state index is -4.54. The van der Waals surface area contributed by atoms with Crippen LogP contribution in [0.5, 0.6) is 0 Å². The number of nitrogens with one attached hydrogen (secondary N) is 1. The third kappa shape index (κ3) is 5.62. The molecule has 1 aliphatic heterocycles. The highest BCUT2D eigenvalue weighted by Crippen LogP contribution is 2.33. The number of nitriles is 1. The number of ether oxygens (including phenoxy) is 1. The first-order valence-corrected chi connectivity index (χ1v) is 8.48. The van der Waals surface area contributed by atoms with Crippen molar-refractivity contribution in [3.63, 3.8) is 0 Å². The van der Waals surface area contributed by atoms with E-state index in [9.17, 15) is 13.2 Å². The van der Waals surface area contributed by atoms with Gasteiger partial charge in [0.05, 0.1) is 30.4 Å². The fourth-order valence-electron chi connectivity index (χ4n) is 3.07. The van der Waals surface area contributed by atoms with E-state index in [2.05, 4.69) is 24.1 Å². The van der Waals surface area contributed by atoms with Crippen molar-refractivity contribution in [3.8, 4) is 6.07 Å². The Bertz CT molecular complexity index is 605. The molecule has 1 atom stereocenters. The molecule has 1 saturated heterocycles. The Balaban J connectivity index is 2.10. The highest BCUT2D eigenvalue weighted by Gasteiger charge is 2.34. The van der Waals surface area contributed by atoms with Gasteiger partial charge in [-0.1, -0.05) is 13.8 Å². The van der Waals surface area contributed by atoms with Crippen molar-refractivity contribution in [3.05, 3.63) is 29.3 Å². The van der Waals surface area contributed by atoms with Crippen molar-refractivity contribution in [1.29, 1.82) is 5.26 Å². The zero-order valence-electron chi connectivity index (χ0n) is 14.6. The molecule has 138 valence electrons. The molecule has 1 fully saturated rings. The zero-order chi connectivity index (χ0) is 18.4. The second-order valence-corrected chi connectivity index (χ2v) is 6.68. The summed E-state index contributed by atoms with van der Waals surface area (Å²) in [5.41, 5.74) is -0.870. The van der Waals surface area contributed by atoms with E-state index in [0.717, 1.165) is 25.6 Å². The van der Waals surface area contributed by atoms with Crippen LogP contribution in [0, 0.1) is 17.2 Å². The number of anilines is 1. The van der Waals surface area contributed by atoms with Gasteiger partial charge < -0.3 is 10.1 Å². The molecule has 1 aliphatic rings. The van der Waals surface area contributed by atoms with E-state index in [1.807, 2.05) is 0 Å². The monoisotopic (exact) mass is 355 g/mol. The van der Waals surface area contributed by atoms with Gasteiger partial charge in [0.2, 0.25) is 0 Å². The Morgan fingerprint density at radius 2 is 1.96 bits per heavy atom. The molecule has 1 heterocycles. The second-order valence-electron chi connectivity index (χ2n) is 6.68. The summed E-state index contributed by atoms with van der Waals surface area (Å²) in [7, 11) is 0. The maximum Gasteiger partial charge on any atom is 0.417 e. The van der Waals surface area contributed by atoms with Gasteiger partial charge in [-0.05, 0) is 30.5 Å². The van der Waals surface area contributed by atoms with E-state index in [1.165, 1.54) is 12.1 Å². The summed E-state index contributed by atoms with van der Waals surface area (Å²) in [6.45, 7) is 7.86. The Hall–Kier alpha value is -1.78. The third-order valence-electron chi connectivity index (χ3n) is 4.29. The molecule has 1 aromatic carbocycles. The quantitative estimate of drug-likeness (QED) is 0.845. The first-order valence-electron chi connectivity index (χ1n) is 8.48. The number of halogens is 3. The van der Waals surface area contributed by atoms with Crippen LogP contribution in [0.1, 0.15) is 31.4 Å². The predicted molar refractivity (Wildman–Crippen MR) is 90.3 cm³/mol. The number of rotatable bonds is 6. The van der Waals surface area contributed by atoms with Crippen molar-refractivity contribution < 1.29 is 17.9 Å². The fourth-order valence-corrected chi connectivity index (χ4v) is 3.07. The number of hydrogen-bond acceptors (Lipinski definition) is 4. The van der Waals surface area contributed by atoms with Gasteiger partial charge in [0.1, 0.15) is 0 Å². The van der Waals surface area contributed by atoms with Gasteiger partial charge in [0, 0.05) is 31.4 Å². The van der Waals surface area contributed by atoms with Crippen LogP contribution in [0.25, 0.3) is 0 Å². The molecule has 0 amide bonds. The van der Waals surface area contributed by atoms with Crippen LogP contribution < -0.4 is 5.32 Å². The molecular formula is C18H24F3N3O. The number of hydrogen-bond donors (Lipinski definition) is 1. The molecule has 25 heavy (non-hydrogen) atoms. The number of nitrogens with zero attached hydrogens (tertiary/aromatic N) is 2. The summed E-state index contributed by atoms with van der Waals surface area (Å²) in [6, 6.07) is 5.60. The highest BCUT2D eigenvalue weighted by atomic mass is 19.4. The fraction of sp³-hybridized carbons (Fsp3) is 0.611. The Morgan fingerprint density at radius 3 is 2.52 bits per heavy atom. The summed E-state index contributed by atoms with van der Waals surface area (Å²) >= 11 is 0. The van der Waals surface area contributed by atoms with Crippen LogP contribution in [-0.4, -0.2) is 43.8 Å². The maximum atomic E-state index is 13.1. The Morgan fingerprint density at radius 1 is 1.28 bits per heavy atom. The van der Waals surface area contributed by atoms with Gasteiger partial charge >= 0.3 is 6.18 Å². The maximum absolute atomic E-state index is 13.1. The number of alkyl halides is 3. The molecule has 7 heteroatoms. The molecule has 1 aromatic rings. The van der Waals surface area contributed by atoms with Crippen molar-refractivity contribution in [2.75, 3.05) is 38.2 Å². The average molecular weight is 355 g/mol. The van der Waals surface area contributed by atoms with E-state index in [0.29, 0.717) is 31.4 Å². The van der Waals surface area contributed by atoms with Crippen molar-refractivity contribution >= 4 is 5.69 Å². The molecule has 4 nitrogen and oxygen atoms in total. The van der Waals surface area contributed by atoms with Crippen LogP contribution in [0.4, 0.5) is 18.9 Å². The molecule has 2 rings (SSSR count). The van der Waals surface area contributed by atoms with Crippen LogP contribution in [0.3, 0.4) is 0 Å². The zero-order valence-corrected chi connectivity index (χ0v) is 14.6. The van der Waals surface area contributed by atoms with Gasteiger partial charge in [0.15, 0.2) is 0 Å². The van der Waals surface area contributed by atoms with E-state index in [-0.39, 0.29) is 11.6 Å². The van der Waals surface area contributed by atoms with E-state index < -0.39 is 11.7 Å². The normalized spacial score (nSPS) is 17.3. The lowest BCUT2D eigenvalue weighted by Gasteiger charge is -2.35. The van der Waals surface area contributed by atoms with Crippen molar-refractivity contribution in [1.82, 2.24) is 4.90 Å². The van der Waals surface area contributed by atoms with E-state index >= 15 is 0 Å². The summed E-state index contributed by atoms with van der Waals surface area (Å²) in [5.74, 6) is 0.487. The van der Waals surface area contributed by atoms with Gasteiger partial charge in [-0.3, -0.25) is 4.90 Å². The lowest BCUT2D eigenvalue weighted by molar-refractivity contribution is -0.137. The first-order chi connectivity index (χ1) is 11.8. The Labute approximate surface area is 146 Å². The van der Waals surface area contributed by atoms with Crippen LogP contribution >= 0.6 is 0 Å². The smallest absolute Gasteiger partial charge is 0.383 e. The second kappa shape index (κ2) is 8.54. The summed E-state index contributed by atoms with van der Waals surface area (Å²) in [6.07, 6.45) is -3.58. The van der Waals surface area contributed by atoms with E-state index in [4.69, 9.17) is 10.00 Å². The molecular weight excluding hydrogens is 331 g/mol. The Kier molecular flexibility index (Phi) is 6.68. The van der Waals surface area contributed by atoms with Crippen molar-refractivity contribution in [2.45, 2.75) is 32.5 Å². The molecule has 1 N–H and O–H groups in total. The van der Waals surface area contributed by atoms with Crippen molar-refractivity contribution in [2.24, 2.45) is 5.92 Å². The average Bonchev–Trinajstić information content (AvgIpc) is 2.58. The standard InChI is InChI=1S/C18H24F3N3O/c1-13(2)9-16(24-5-7-25-8-6-24)12-23-15-4-3-14(11-22)17(10-15)18(19,20)21/h3-4,10,13,16,23H,5-9,12H2,1-2H3. The summed E-state index contributed by atoms with van der Waals surface area (Å²) in [5, 5.41) is 12.0. The number of morpholine rings is 1. The van der Waals surface area contributed by atoms with Crippen LogP contribution in [-0.2, 0) is 10.9 Å². The minimum Gasteiger partial charge on any atom is -0.383 e. The minimum absolute atomic E-state index is 0.230. The van der Waals surface area contributed by atoms with Crippen LogP contribution in [0.15, 0.2) is 18.2 Å². The first kappa shape index (κ1) is 19.5. The SMILES string of the molecule is CC(C)CC(CNc1ccc(C#N)c(C(F)(F)F)c1)N1CCOCC1. The van der Waals surface area contributed by atoms with E-state index in [1.54, 1.807) is 6.07 Å². The molecule has 0 bridgehead atoms. The predicted octanol–water partition coefficient (Wildman–Crippen LogP) is 3.74. The highest BCUT2D eigenvalue weighted by molar-refractivity contribution is 5.53. The molecule has 0 spiro atoms. The van der Waals surface area contributed by atoms with Gasteiger partial charge in [-0.15, -0.1) is 0 Å². The van der Waals surface area contributed by atoms with Gasteiger partial charge in [-0.25, -0.2) is 0 Å².